The van der Waals surface area contributed by atoms with Crippen LogP contribution in [0.4, 0.5) is 0 Å². The van der Waals surface area contributed by atoms with Crippen molar-refractivity contribution in [2.45, 2.75) is 81.2 Å². The first-order valence-electron chi connectivity index (χ1n) is 10.7. The van der Waals surface area contributed by atoms with Gasteiger partial charge < -0.3 is 11.1 Å². The fourth-order valence-corrected chi connectivity index (χ4v) is 7.28. The number of hydrogen-bond acceptors (Lipinski definition) is 2. The zero-order valence-electron chi connectivity index (χ0n) is 15.8. The van der Waals surface area contributed by atoms with E-state index >= 15 is 0 Å². The summed E-state index contributed by atoms with van der Waals surface area (Å²) in [5, 5.41) is 3.62. The Labute approximate surface area is 157 Å². The van der Waals surface area contributed by atoms with E-state index in [1.807, 2.05) is 0 Å². The third-order valence-corrected chi connectivity index (χ3v) is 7.98. The van der Waals surface area contributed by atoms with Gasteiger partial charge in [-0.2, -0.15) is 0 Å². The summed E-state index contributed by atoms with van der Waals surface area (Å²) >= 11 is 0. The second kappa shape index (κ2) is 6.09. The summed E-state index contributed by atoms with van der Waals surface area (Å²) in [6.07, 6.45) is 11.5. The first-order chi connectivity index (χ1) is 12.6. The Morgan fingerprint density at radius 2 is 1.62 bits per heavy atom. The Morgan fingerprint density at radius 3 is 2.27 bits per heavy atom. The Hall–Kier alpha value is -1.35. The second-order valence-corrected chi connectivity index (χ2v) is 9.99. The van der Waals surface area contributed by atoms with Gasteiger partial charge in [0.1, 0.15) is 0 Å². The van der Waals surface area contributed by atoms with E-state index in [1.54, 1.807) is 0 Å². The Kier molecular flexibility index (Phi) is 3.93. The van der Waals surface area contributed by atoms with Crippen molar-refractivity contribution in [1.82, 2.24) is 5.32 Å². The molecule has 1 aromatic rings. The van der Waals surface area contributed by atoms with Gasteiger partial charge in [-0.3, -0.25) is 4.79 Å². The van der Waals surface area contributed by atoms with Crippen LogP contribution in [0.2, 0.25) is 0 Å². The van der Waals surface area contributed by atoms with Crippen molar-refractivity contribution in [2.24, 2.45) is 23.5 Å². The van der Waals surface area contributed by atoms with Gasteiger partial charge in [-0.25, -0.2) is 0 Å². The lowest BCUT2D eigenvalue weighted by atomic mass is 9.45. The fraction of sp³-hybridized carbons (Fsp3) is 0.696. The standard InChI is InChI=1S/C23H32N2O/c24-20-8-6-18(7-9-20)21(26)25-23-13-16-10-17(14-23)12-22(11-16,15-23)19-4-2-1-3-5-19/h1-5,16-18,20H,6-15,24H2,(H,25,26). The maximum absolute atomic E-state index is 13.1. The average Bonchev–Trinajstić information content (AvgIpc) is 2.61. The van der Waals surface area contributed by atoms with E-state index in [-0.39, 0.29) is 11.5 Å². The Balaban J connectivity index is 1.38. The van der Waals surface area contributed by atoms with E-state index in [0.717, 1.165) is 43.9 Å². The van der Waals surface area contributed by atoms with Crippen LogP contribution in [0, 0.1) is 17.8 Å². The SMILES string of the molecule is NC1CCC(C(=O)NC23CC4CC(C2)CC(c2ccccc2)(C4)C3)CC1. The molecule has 0 aliphatic heterocycles. The van der Waals surface area contributed by atoms with Gasteiger partial charge in [-0.15, -0.1) is 0 Å². The third-order valence-electron chi connectivity index (χ3n) is 7.98. The molecule has 0 heterocycles. The highest BCUT2D eigenvalue weighted by Crippen LogP contribution is 2.62. The van der Waals surface area contributed by atoms with Crippen molar-refractivity contribution < 1.29 is 4.79 Å². The first kappa shape index (κ1) is 16.8. The summed E-state index contributed by atoms with van der Waals surface area (Å²) in [6, 6.07) is 11.4. The summed E-state index contributed by atoms with van der Waals surface area (Å²) in [5.74, 6) is 2.09. The topological polar surface area (TPSA) is 55.1 Å². The number of rotatable bonds is 3. The zero-order valence-corrected chi connectivity index (χ0v) is 15.8. The van der Waals surface area contributed by atoms with Crippen LogP contribution in [0.25, 0.3) is 0 Å². The number of nitrogens with two attached hydrogens (primary N) is 1. The first-order valence-corrected chi connectivity index (χ1v) is 10.7. The monoisotopic (exact) mass is 352 g/mol. The minimum absolute atomic E-state index is 0.0522. The second-order valence-electron chi connectivity index (χ2n) is 9.99. The van der Waals surface area contributed by atoms with Crippen LogP contribution in [-0.4, -0.2) is 17.5 Å². The van der Waals surface area contributed by atoms with Crippen molar-refractivity contribution in [2.75, 3.05) is 0 Å². The van der Waals surface area contributed by atoms with Crippen LogP contribution in [0.15, 0.2) is 30.3 Å². The van der Waals surface area contributed by atoms with Crippen LogP contribution >= 0.6 is 0 Å². The molecule has 5 saturated carbocycles. The Bertz CT molecular complexity index is 663. The summed E-state index contributed by atoms with van der Waals surface area (Å²) in [6.45, 7) is 0. The highest BCUT2D eigenvalue weighted by Gasteiger charge is 2.58. The Morgan fingerprint density at radius 1 is 0.962 bits per heavy atom. The van der Waals surface area contributed by atoms with Crippen molar-refractivity contribution in [3.63, 3.8) is 0 Å². The van der Waals surface area contributed by atoms with E-state index in [1.165, 1.54) is 37.7 Å². The van der Waals surface area contributed by atoms with Gasteiger partial charge in [0.25, 0.3) is 0 Å². The zero-order chi connectivity index (χ0) is 17.8. The molecule has 0 aromatic heterocycles. The molecule has 0 spiro atoms. The number of carbonyl (C=O) groups is 1. The largest absolute Gasteiger partial charge is 0.350 e. The molecular formula is C23H32N2O. The lowest BCUT2D eigenvalue weighted by Gasteiger charge is -2.62. The predicted octanol–water partition coefficient (Wildman–Crippen LogP) is 3.91. The summed E-state index contributed by atoms with van der Waals surface area (Å²) in [7, 11) is 0. The third kappa shape index (κ3) is 2.79. The van der Waals surface area contributed by atoms with Gasteiger partial charge in [-0.05, 0) is 87.0 Å². The van der Waals surface area contributed by atoms with Gasteiger partial charge in [0.2, 0.25) is 5.91 Å². The maximum Gasteiger partial charge on any atom is 0.223 e. The predicted molar refractivity (Wildman–Crippen MR) is 104 cm³/mol. The number of benzene rings is 1. The average molecular weight is 353 g/mol. The molecule has 3 nitrogen and oxygen atoms in total. The van der Waals surface area contributed by atoms with E-state index in [4.69, 9.17) is 5.73 Å². The summed E-state index contributed by atoms with van der Waals surface area (Å²) in [5.41, 5.74) is 7.90. The van der Waals surface area contributed by atoms with Gasteiger partial charge in [0.15, 0.2) is 0 Å². The van der Waals surface area contributed by atoms with Crippen molar-refractivity contribution in [1.29, 1.82) is 0 Å². The summed E-state index contributed by atoms with van der Waals surface area (Å²) in [4.78, 5) is 13.1. The molecule has 5 aliphatic rings. The smallest absolute Gasteiger partial charge is 0.223 e. The normalized spacial score (nSPS) is 44.0. The molecule has 5 aliphatic carbocycles. The maximum atomic E-state index is 13.1. The van der Waals surface area contributed by atoms with Crippen LogP contribution in [0.3, 0.4) is 0 Å². The highest BCUT2D eigenvalue weighted by molar-refractivity contribution is 5.79. The molecule has 1 amide bonds. The molecule has 140 valence electrons. The molecule has 2 unspecified atom stereocenters. The fourth-order valence-electron chi connectivity index (χ4n) is 7.28. The van der Waals surface area contributed by atoms with Gasteiger partial charge >= 0.3 is 0 Å². The molecule has 4 bridgehead atoms. The minimum Gasteiger partial charge on any atom is -0.350 e. The van der Waals surface area contributed by atoms with Gasteiger partial charge in [-0.1, -0.05) is 30.3 Å². The molecule has 1 aromatic carbocycles. The quantitative estimate of drug-likeness (QED) is 0.866. The number of amides is 1. The highest BCUT2D eigenvalue weighted by atomic mass is 16.2. The van der Waals surface area contributed by atoms with E-state index < -0.39 is 0 Å². The van der Waals surface area contributed by atoms with Crippen LogP contribution in [0.1, 0.15) is 69.8 Å². The molecule has 0 saturated heterocycles. The van der Waals surface area contributed by atoms with E-state index in [9.17, 15) is 4.79 Å². The molecule has 2 atom stereocenters. The molecule has 3 N–H and O–H groups in total. The van der Waals surface area contributed by atoms with Crippen LogP contribution in [-0.2, 0) is 10.2 Å². The molecule has 5 fully saturated rings. The van der Waals surface area contributed by atoms with Gasteiger partial charge in [0.05, 0.1) is 0 Å². The van der Waals surface area contributed by atoms with Crippen molar-refractivity contribution in [3.8, 4) is 0 Å². The molecule has 6 rings (SSSR count). The van der Waals surface area contributed by atoms with Crippen molar-refractivity contribution in [3.05, 3.63) is 35.9 Å². The summed E-state index contributed by atoms with van der Waals surface area (Å²) < 4.78 is 0. The van der Waals surface area contributed by atoms with E-state index in [0.29, 0.717) is 17.4 Å². The molecular weight excluding hydrogens is 320 g/mol. The molecule has 3 heteroatoms. The lowest BCUT2D eigenvalue weighted by Crippen LogP contribution is -2.65. The molecule has 26 heavy (non-hydrogen) atoms. The van der Waals surface area contributed by atoms with Crippen LogP contribution in [0.5, 0.6) is 0 Å². The minimum atomic E-state index is 0.0522. The van der Waals surface area contributed by atoms with Crippen LogP contribution < -0.4 is 11.1 Å². The number of hydrogen-bond donors (Lipinski definition) is 2. The number of carbonyl (C=O) groups excluding carboxylic acids is 1. The van der Waals surface area contributed by atoms with Crippen molar-refractivity contribution >= 4 is 5.91 Å². The van der Waals surface area contributed by atoms with Gasteiger partial charge in [0, 0.05) is 17.5 Å². The number of nitrogens with one attached hydrogen (secondary N) is 1. The van der Waals surface area contributed by atoms with E-state index in [2.05, 4.69) is 35.6 Å². The lowest BCUT2D eigenvalue weighted by molar-refractivity contribution is -0.132. The molecule has 0 radical (unpaired) electrons.